The van der Waals surface area contributed by atoms with Gasteiger partial charge in [-0.3, -0.25) is 9.69 Å². The van der Waals surface area contributed by atoms with Crippen LogP contribution in [0.1, 0.15) is 12.8 Å². The molecular weight excluding hydrogens is 316 g/mol. The minimum Gasteiger partial charge on any atom is -0.484 e. The van der Waals surface area contributed by atoms with Gasteiger partial charge in [0.1, 0.15) is 5.75 Å². The van der Waals surface area contributed by atoms with Crippen molar-refractivity contribution in [2.24, 2.45) is 0 Å². The number of hydrogen-bond acceptors (Lipinski definition) is 4. The van der Waals surface area contributed by atoms with Gasteiger partial charge in [-0.05, 0) is 37.1 Å². The van der Waals surface area contributed by atoms with Crippen LogP contribution in [0.2, 0.25) is 5.02 Å². The number of nitrogens with zero attached hydrogens (tertiary/aromatic N) is 2. The van der Waals surface area contributed by atoms with Crippen LogP contribution in [-0.4, -0.2) is 67.7 Å². The monoisotopic (exact) mass is 338 g/mol. The first kappa shape index (κ1) is 16.6. The first-order valence-corrected chi connectivity index (χ1v) is 8.58. The summed E-state index contributed by atoms with van der Waals surface area (Å²) < 4.78 is 11.0. The lowest BCUT2D eigenvalue weighted by Crippen LogP contribution is -2.53. The summed E-state index contributed by atoms with van der Waals surface area (Å²) in [6.07, 6.45) is 2.21. The van der Waals surface area contributed by atoms with Crippen molar-refractivity contribution in [2.75, 3.05) is 46.0 Å². The summed E-state index contributed by atoms with van der Waals surface area (Å²) >= 11 is 5.83. The molecule has 2 saturated heterocycles. The van der Waals surface area contributed by atoms with Gasteiger partial charge in [0, 0.05) is 50.5 Å². The van der Waals surface area contributed by atoms with E-state index in [1.165, 1.54) is 0 Å². The van der Waals surface area contributed by atoms with E-state index in [1.54, 1.807) is 24.3 Å². The SMILES string of the molecule is O=C(COc1ccc(Cl)cc1)N1CCN(C2CCOCC2)CC1. The van der Waals surface area contributed by atoms with Crippen LogP contribution in [-0.2, 0) is 9.53 Å². The molecule has 126 valence electrons. The Kier molecular flexibility index (Phi) is 5.75. The number of hydrogen-bond donors (Lipinski definition) is 0. The molecule has 0 saturated carbocycles. The zero-order valence-corrected chi connectivity index (χ0v) is 14.0. The van der Waals surface area contributed by atoms with Crippen molar-refractivity contribution in [1.29, 1.82) is 0 Å². The van der Waals surface area contributed by atoms with Gasteiger partial charge in [0.15, 0.2) is 6.61 Å². The maximum absolute atomic E-state index is 12.3. The van der Waals surface area contributed by atoms with Crippen LogP contribution >= 0.6 is 11.6 Å². The number of carbonyl (C=O) groups is 1. The molecule has 1 aromatic rings. The first-order chi connectivity index (χ1) is 11.2. The van der Waals surface area contributed by atoms with E-state index < -0.39 is 0 Å². The van der Waals surface area contributed by atoms with Gasteiger partial charge >= 0.3 is 0 Å². The highest BCUT2D eigenvalue weighted by Gasteiger charge is 2.27. The maximum atomic E-state index is 12.3. The molecule has 1 amide bonds. The van der Waals surface area contributed by atoms with Crippen molar-refractivity contribution < 1.29 is 14.3 Å². The van der Waals surface area contributed by atoms with Crippen molar-refractivity contribution in [3.8, 4) is 5.75 Å². The summed E-state index contributed by atoms with van der Waals surface area (Å²) in [4.78, 5) is 16.6. The van der Waals surface area contributed by atoms with E-state index in [0.29, 0.717) is 16.8 Å². The van der Waals surface area contributed by atoms with Gasteiger partial charge in [-0.25, -0.2) is 0 Å². The van der Waals surface area contributed by atoms with E-state index in [1.807, 2.05) is 4.90 Å². The number of halogens is 1. The largest absolute Gasteiger partial charge is 0.484 e. The van der Waals surface area contributed by atoms with Gasteiger partial charge in [0.05, 0.1) is 0 Å². The molecule has 0 spiro atoms. The third-order valence-electron chi connectivity index (χ3n) is 4.55. The van der Waals surface area contributed by atoms with Crippen LogP contribution in [0.4, 0.5) is 0 Å². The van der Waals surface area contributed by atoms with Crippen LogP contribution < -0.4 is 4.74 Å². The highest BCUT2D eigenvalue weighted by atomic mass is 35.5. The Hall–Kier alpha value is -1.30. The molecule has 0 bridgehead atoms. The van der Waals surface area contributed by atoms with Gasteiger partial charge in [-0.1, -0.05) is 11.6 Å². The van der Waals surface area contributed by atoms with Crippen molar-refractivity contribution in [1.82, 2.24) is 9.80 Å². The molecule has 2 heterocycles. The van der Waals surface area contributed by atoms with E-state index >= 15 is 0 Å². The molecule has 0 aliphatic carbocycles. The Morgan fingerprint density at radius 1 is 1.13 bits per heavy atom. The minimum atomic E-state index is 0.0478. The van der Waals surface area contributed by atoms with Crippen molar-refractivity contribution in [3.05, 3.63) is 29.3 Å². The van der Waals surface area contributed by atoms with Crippen molar-refractivity contribution >= 4 is 17.5 Å². The van der Waals surface area contributed by atoms with Gasteiger partial charge in [-0.2, -0.15) is 0 Å². The van der Waals surface area contributed by atoms with Crippen LogP contribution in [0.25, 0.3) is 0 Å². The topological polar surface area (TPSA) is 42.0 Å². The molecule has 2 fully saturated rings. The number of amides is 1. The zero-order chi connectivity index (χ0) is 16.1. The van der Waals surface area contributed by atoms with E-state index in [9.17, 15) is 4.79 Å². The average molecular weight is 339 g/mol. The highest BCUT2D eigenvalue weighted by Crippen LogP contribution is 2.17. The normalized spacial score (nSPS) is 20.5. The van der Waals surface area contributed by atoms with E-state index in [4.69, 9.17) is 21.1 Å². The molecule has 5 nitrogen and oxygen atoms in total. The smallest absolute Gasteiger partial charge is 0.260 e. The minimum absolute atomic E-state index is 0.0478. The number of ether oxygens (including phenoxy) is 2. The summed E-state index contributed by atoms with van der Waals surface area (Å²) in [6, 6.07) is 7.69. The molecule has 1 aromatic carbocycles. The maximum Gasteiger partial charge on any atom is 0.260 e. The lowest BCUT2D eigenvalue weighted by atomic mass is 10.1. The molecule has 0 N–H and O–H groups in total. The molecule has 2 aliphatic heterocycles. The van der Waals surface area contributed by atoms with Gasteiger partial charge in [0.25, 0.3) is 5.91 Å². The second-order valence-electron chi connectivity index (χ2n) is 6.00. The summed E-state index contributed by atoms with van der Waals surface area (Å²) in [5, 5.41) is 0.660. The molecular formula is C17H23ClN2O3. The predicted molar refractivity (Wildman–Crippen MR) is 88.9 cm³/mol. The Morgan fingerprint density at radius 3 is 2.43 bits per heavy atom. The molecule has 6 heteroatoms. The fraction of sp³-hybridized carbons (Fsp3) is 0.588. The van der Waals surface area contributed by atoms with Gasteiger partial charge in [-0.15, -0.1) is 0 Å². The second-order valence-corrected chi connectivity index (χ2v) is 6.44. The predicted octanol–water partition coefficient (Wildman–Crippen LogP) is 2.04. The molecule has 23 heavy (non-hydrogen) atoms. The third-order valence-corrected chi connectivity index (χ3v) is 4.80. The Bertz CT molecular complexity index is 509. The Balaban J connectivity index is 1.41. The molecule has 0 aromatic heterocycles. The summed E-state index contributed by atoms with van der Waals surface area (Å²) in [7, 11) is 0. The van der Waals surface area contributed by atoms with E-state index in [0.717, 1.165) is 52.2 Å². The molecule has 0 atom stereocenters. The quantitative estimate of drug-likeness (QED) is 0.842. The highest BCUT2D eigenvalue weighted by molar-refractivity contribution is 6.30. The molecule has 2 aliphatic rings. The van der Waals surface area contributed by atoms with E-state index in [-0.39, 0.29) is 12.5 Å². The first-order valence-electron chi connectivity index (χ1n) is 8.20. The molecule has 3 rings (SSSR count). The standard InChI is InChI=1S/C17H23ClN2O3/c18-14-1-3-16(4-2-14)23-13-17(21)20-9-7-19(8-10-20)15-5-11-22-12-6-15/h1-4,15H,5-13H2. The Morgan fingerprint density at radius 2 is 1.78 bits per heavy atom. The summed E-state index contributed by atoms with van der Waals surface area (Å²) in [6.45, 7) is 5.24. The van der Waals surface area contributed by atoms with Crippen molar-refractivity contribution in [2.45, 2.75) is 18.9 Å². The van der Waals surface area contributed by atoms with Crippen molar-refractivity contribution in [3.63, 3.8) is 0 Å². The fourth-order valence-corrected chi connectivity index (χ4v) is 3.28. The fourth-order valence-electron chi connectivity index (χ4n) is 3.15. The number of piperazine rings is 1. The lowest BCUT2D eigenvalue weighted by molar-refractivity contribution is -0.135. The number of benzene rings is 1. The van der Waals surface area contributed by atoms with Crippen LogP contribution in [0, 0.1) is 0 Å². The van der Waals surface area contributed by atoms with Gasteiger partial charge in [0.2, 0.25) is 0 Å². The lowest BCUT2D eigenvalue weighted by Gasteiger charge is -2.40. The molecule has 0 unspecified atom stereocenters. The summed E-state index contributed by atoms with van der Waals surface area (Å²) in [5.41, 5.74) is 0. The Labute approximate surface area is 142 Å². The second kappa shape index (κ2) is 7.99. The number of rotatable bonds is 4. The third kappa shape index (κ3) is 4.59. The van der Waals surface area contributed by atoms with Crippen LogP contribution in [0.5, 0.6) is 5.75 Å². The average Bonchev–Trinajstić information content (AvgIpc) is 2.62. The summed E-state index contributed by atoms with van der Waals surface area (Å²) in [5.74, 6) is 0.718. The van der Waals surface area contributed by atoms with Crippen LogP contribution in [0.3, 0.4) is 0 Å². The van der Waals surface area contributed by atoms with E-state index in [2.05, 4.69) is 4.90 Å². The van der Waals surface area contributed by atoms with Crippen LogP contribution in [0.15, 0.2) is 24.3 Å². The zero-order valence-electron chi connectivity index (χ0n) is 13.2. The van der Waals surface area contributed by atoms with Gasteiger partial charge < -0.3 is 14.4 Å². The number of carbonyl (C=O) groups excluding carboxylic acids is 1. The molecule has 0 radical (unpaired) electrons.